The number of halogens is 1. The maximum absolute atomic E-state index is 11.0. The second-order valence-corrected chi connectivity index (χ2v) is 7.20. The third-order valence-electron chi connectivity index (χ3n) is 5.38. The van der Waals surface area contributed by atoms with Gasteiger partial charge in [0.15, 0.2) is 0 Å². The highest BCUT2D eigenvalue weighted by Gasteiger charge is 2.16. The molecule has 0 saturated carbocycles. The van der Waals surface area contributed by atoms with Crippen LogP contribution in [0.4, 0.5) is 0 Å². The zero-order valence-corrected chi connectivity index (χ0v) is 16.0. The largest absolute Gasteiger partial charge is 0.478 e. The van der Waals surface area contributed by atoms with Gasteiger partial charge in [-0.1, -0.05) is 30.3 Å². The lowest BCUT2D eigenvalue weighted by Crippen LogP contribution is -2.29. The Morgan fingerprint density at radius 3 is 2.48 bits per heavy atom. The summed E-state index contributed by atoms with van der Waals surface area (Å²) in [4.78, 5) is 11.0. The number of fused-ring (bicyclic) bond motifs is 1. The molecule has 0 unspecified atom stereocenters. The van der Waals surface area contributed by atoms with Crippen LogP contribution in [-0.2, 0) is 13.0 Å². The molecule has 0 amide bonds. The first-order valence-corrected chi connectivity index (χ1v) is 9.30. The Hall–Kier alpha value is -2.30. The maximum Gasteiger partial charge on any atom is 0.335 e. The standard InChI is InChI=1S/C22H24N2O2.ClH/c25-22(26)18-7-5-16(6-8-18)13-19-15-24(14-17-9-11-23-12-10-17)21-4-2-1-3-20(19)21;/h1-8,15,17,23H,9-14H2,(H,25,26);1H. The molecule has 2 N–H and O–H groups in total. The zero-order valence-electron chi connectivity index (χ0n) is 15.2. The van der Waals surface area contributed by atoms with Gasteiger partial charge in [0, 0.05) is 23.6 Å². The van der Waals surface area contributed by atoms with Crippen LogP contribution in [0.2, 0.25) is 0 Å². The van der Waals surface area contributed by atoms with Gasteiger partial charge >= 0.3 is 5.97 Å². The number of aromatic carboxylic acids is 1. The molecular formula is C22H25ClN2O2. The van der Waals surface area contributed by atoms with E-state index in [0.717, 1.165) is 37.5 Å². The van der Waals surface area contributed by atoms with E-state index in [0.29, 0.717) is 5.56 Å². The Bertz CT molecular complexity index is 912. The lowest BCUT2D eigenvalue weighted by molar-refractivity contribution is 0.0697. The molecule has 27 heavy (non-hydrogen) atoms. The maximum atomic E-state index is 11.0. The van der Waals surface area contributed by atoms with Gasteiger partial charge in [-0.15, -0.1) is 12.4 Å². The van der Waals surface area contributed by atoms with Crippen molar-refractivity contribution in [2.75, 3.05) is 13.1 Å². The van der Waals surface area contributed by atoms with Crippen LogP contribution >= 0.6 is 12.4 Å². The molecule has 0 spiro atoms. The number of nitrogens with zero attached hydrogens (tertiary/aromatic N) is 1. The number of piperidine rings is 1. The third kappa shape index (κ3) is 4.34. The fraction of sp³-hybridized carbons (Fsp3) is 0.318. The van der Waals surface area contributed by atoms with E-state index >= 15 is 0 Å². The molecule has 4 rings (SSSR count). The first kappa shape index (κ1) is 19.5. The predicted molar refractivity (Wildman–Crippen MR) is 111 cm³/mol. The molecule has 0 aliphatic carbocycles. The highest BCUT2D eigenvalue weighted by atomic mass is 35.5. The van der Waals surface area contributed by atoms with Crippen molar-refractivity contribution in [3.8, 4) is 0 Å². The minimum absolute atomic E-state index is 0. The second-order valence-electron chi connectivity index (χ2n) is 7.20. The Labute approximate surface area is 165 Å². The van der Waals surface area contributed by atoms with Gasteiger partial charge in [0.2, 0.25) is 0 Å². The first-order chi connectivity index (χ1) is 12.7. The molecule has 4 nitrogen and oxygen atoms in total. The number of carboxylic acids is 1. The van der Waals surface area contributed by atoms with Crippen LogP contribution in [0.3, 0.4) is 0 Å². The summed E-state index contributed by atoms with van der Waals surface area (Å²) in [7, 11) is 0. The molecule has 1 aliphatic heterocycles. The number of hydrogen-bond donors (Lipinski definition) is 2. The van der Waals surface area contributed by atoms with Gasteiger partial charge in [-0.25, -0.2) is 4.79 Å². The molecule has 1 saturated heterocycles. The topological polar surface area (TPSA) is 54.3 Å². The van der Waals surface area contributed by atoms with Crippen molar-refractivity contribution in [1.29, 1.82) is 0 Å². The molecule has 2 aromatic carbocycles. The number of para-hydroxylation sites is 1. The number of nitrogens with one attached hydrogen (secondary N) is 1. The van der Waals surface area contributed by atoms with Gasteiger partial charge in [-0.3, -0.25) is 0 Å². The molecule has 5 heteroatoms. The quantitative estimate of drug-likeness (QED) is 0.687. The van der Waals surface area contributed by atoms with Crippen LogP contribution in [-0.4, -0.2) is 28.7 Å². The number of rotatable bonds is 5. The fourth-order valence-corrected chi connectivity index (χ4v) is 3.94. The molecule has 1 fully saturated rings. The SMILES string of the molecule is Cl.O=C(O)c1ccc(Cc2cn(CC3CCNCC3)c3ccccc23)cc1. The summed E-state index contributed by atoms with van der Waals surface area (Å²) in [5.41, 5.74) is 4.07. The summed E-state index contributed by atoms with van der Waals surface area (Å²) in [6, 6.07) is 15.8. The van der Waals surface area contributed by atoms with Crippen LogP contribution < -0.4 is 5.32 Å². The van der Waals surface area contributed by atoms with Gasteiger partial charge in [0.25, 0.3) is 0 Å². The molecule has 2 heterocycles. The monoisotopic (exact) mass is 384 g/mol. The van der Waals surface area contributed by atoms with Crippen molar-refractivity contribution in [2.45, 2.75) is 25.8 Å². The van der Waals surface area contributed by atoms with E-state index in [4.69, 9.17) is 5.11 Å². The summed E-state index contributed by atoms with van der Waals surface area (Å²) < 4.78 is 2.41. The number of aromatic nitrogens is 1. The molecule has 0 atom stereocenters. The minimum atomic E-state index is -0.880. The van der Waals surface area contributed by atoms with Crippen molar-refractivity contribution in [3.63, 3.8) is 0 Å². The number of hydrogen-bond acceptors (Lipinski definition) is 2. The van der Waals surface area contributed by atoms with Crippen molar-refractivity contribution >= 4 is 29.3 Å². The van der Waals surface area contributed by atoms with Gasteiger partial charge < -0.3 is 15.0 Å². The van der Waals surface area contributed by atoms with Gasteiger partial charge in [-0.05, 0) is 67.6 Å². The number of carbonyl (C=O) groups is 1. The van der Waals surface area contributed by atoms with Gasteiger partial charge in [0.1, 0.15) is 0 Å². The van der Waals surface area contributed by atoms with E-state index in [1.165, 1.54) is 29.3 Å². The molecule has 0 bridgehead atoms. The molecule has 142 valence electrons. The van der Waals surface area contributed by atoms with Crippen molar-refractivity contribution < 1.29 is 9.90 Å². The van der Waals surface area contributed by atoms with Crippen molar-refractivity contribution in [1.82, 2.24) is 9.88 Å². The van der Waals surface area contributed by atoms with E-state index in [1.54, 1.807) is 12.1 Å². The lowest BCUT2D eigenvalue weighted by Gasteiger charge is -2.23. The summed E-state index contributed by atoms with van der Waals surface area (Å²) in [5, 5.41) is 13.8. The van der Waals surface area contributed by atoms with Crippen molar-refractivity contribution in [2.24, 2.45) is 5.92 Å². The van der Waals surface area contributed by atoms with E-state index < -0.39 is 5.97 Å². The Balaban J connectivity index is 0.00000210. The van der Waals surface area contributed by atoms with Gasteiger partial charge in [-0.2, -0.15) is 0 Å². The smallest absolute Gasteiger partial charge is 0.335 e. The van der Waals surface area contributed by atoms with Gasteiger partial charge in [0.05, 0.1) is 5.56 Å². The molecular weight excluding hydrogens is 360 g/mol. The summed E-state index contributed by atoms with van der Waals surface area (Å²) in [6.45, 7) is 3.31. The average molecular weight is 385 g/mol. The van der Waals surface area contributed by atoms with Crippen LogP contribution in [0.25, 0.3) is 10.9 Å². The summed E-state index contributed by atoms with van der Waals surface area (Å²) in [5.74, 6) is -0.148. The predicted octanol–water partition coefficient (Wildman–Crippen LogP) is 4.35. The lowest BCUT2D eigenvalue weighted by atomic mass is 9.98. The third-order valence-corrected chi connectivity index (χ3v) is 5.38. The summed E-state index contributed by atoms with van der Waals surface area (Å²) >= 11 is 0. The van der Waals surface area contributed by atoms with E-state index in [-0.39, 0.29) is 12.4 Å². The van der Waals surface area contributed by atoms with E-state index in [1.807, 2.05) is 12.1 Å². The minimum Gasteiger partial charge on any atom is -0.478 e. The average Bonchev–Trinajstić information content (AvgIpc) is 3.01. The number of benzene rings is 2. The van der Waals surface area contributed by atoms with Crippen LogP contribution in [0.1, 0.15) is 34.3 Å². The van der Waals surface area contributed by atoms with Crippen LogP contribution in [0.5, 0.6) is 0 Å². The Kier molecular flexibility index (Phi) is 6.19. The highest BCUT2D eigenvalue weighted by molar-refractivity contribution is 5.87. The Morgan fingerprint density at radius 2 is 1.78 bits per heavy atom. The second kappa shape index (κ2) is 8.59. The normalized spacial score (nSPS) is 14.8. The Morgan fingerprint density at radius 1 is 1.07 bits per heavy atom. The van der Waals surface area contributed by atoms with E-state index in [2.05, 4.69) is 40.3 Å². The molecule has 0 radical (unpaired) electrons. The zero-order chi connectivity index (χ0) is 17.9. The fourth-order valence-electron chi connectivity index (χ4n) is 3.94. The van der Waals surface area contributed by atoms with Crippen molar-refractivity contribution in [3.05, 3.63) is 71.4 Å². The molecule has 1 aromatic heterocycles. The molecule has 3 aromatic rings. The first-order valence-electron chi connectivity index (χ1n) is 9.30. The van der Waals surface area contributed by atoms with E-state index in [9.17, 15) is 4.79 Å². The van der Waals surface area contributed by atoms with Crippen LogP contribution in [0, 0.1) is 5.92 Å². The summed E-state index contributed by atoms with van der Waals surface area (Å²) in [6.07, 6.45) is 5.58. The van der Waals surface area contributed by atoms with Crippen LogP contribution in [0.15, 0.2) is 54.7 Å². The number of carboxylic acid groups (broad SMARTS) is 1. The molecule has 1 aliphatic rings. The highest BCUT2D eigenvalue weighted by Crippen LogP contribution is 2.26.